The highest BCUT2D eigenvalue weighted by atomic mass is 35.5. The van der Waals surface area contributed by atoms with Crippen molar-refractivity contribution in [2.45, 2.75) is 6.42 Å². The van der Waals surface area contributed by atoms with Gasteiger partial charge in [-0.05, 0) is 36.4 Å². The predicted molar refractivity (Wildman–Crippen MR) is 100 cm³/mol. The first-order valence-corrected chi connectivity index (χ1v) is 8.48. The van der Waals surface area contributed by atoms with Crippen LogP contribution in [0.4, 0.5) is 11.4 Å². The molecule has 1 aliphatic heterocycles. The maximum Gasteiger partial charge on any atom is 0.229 e. The third-order valence-corrected chi connectivity index (χ3v) is 4.55. The Bertz CT molecular complexity index is 823. The molecule has 26 heavy (non-hydrogen) atoms. The van der Waals surface area contributed by atoms with Crippen LogP contribution in [0, 0.1) is 5.92 Å². The second-order valence-electron chi connectivity index (χ2n) is 5.94. The SMILES string of the molecule is COc1ccc(OC)c(NC(=O)[C@@H]2CC(=O)N(c3ccc(Cl)cc3)C2)c1. The molecule has 0 aromatic heterocycles. The van der Waals surface area contributed by atoms with E-state index in [9.17, 15) is 9.59 Å². The molecule has 2 aromatic carbocycles. The second kappa shape index (κ2) is 7.66. The number of carbonyl (C=O) groups excluding carboxylic acids is 2. The molecular formula is C19H19ClN2O4. The number of rotatable bonds is 5. The summed E-state index contributed by atoms with van der Waals surface area (Å²) >= 11 is 5.89. The molecule has 1 atom stereocenters. The lowest BCUT2D eigenvalue weighted by atomic mass is 10.1. The van der Waals surface area contributed by atoms with E-state index >= 15 is 0 Å². The Morgan fingerprint density at radius 3 is 2.54 bits per heavy atom. The summed E-state index contributed by atoms with van der Waals surface area (Å²) in [6.07, 6.45) is 0.154. The minimum absolute atomic E-state index is 0.0925. The molecule has 0 radical (unpaired) electrons. The molecule has 7 heteroatoms. The van der Waals surface area contributed by atoms with Crippen LogP contribution in [0.25, 0.3) is 0 Å². The van der Waals surface area contributed by atoms with E-state index in [1.165, 1.54) is 7.11 Å². The summed E-state index contributed by atoms with van der Waals surface area (Å²) in [5, 5.41) is 3.43. The molecule has 2 amide bonds. The standard InChI is InChI=1S/C19H19ClN2O4/c1-25-15-7-8-17(26-2)16(10-15)21-19(24)12-9-18(23)22(11-12)14-5-3-13(20)4-6-14/h3-8,10,12H,9,11H2,1-2H3,(H,21,24)/t12-/m1/s1. The smallest absolute Gasteiger partial charge is 0.229 e. The van der Waals surface area contributed by atoms with Crippen molar-refractivity contribution in [1.29, 1.82) is 0 Å². The lowest BCUT2D eigenvalue weighted by Gasteiger charge is -2.17. The number of carbonyl (C=O) groups is 2. The summed E-state index contributed by atoms with van der Waals surface area (Å²) in [5.74, 6) is 0.352. The number of benzene rings is 2. The van der Waals surface area contributed by atoms with Gasteiger partial charge in [-0.3, -0.25) is 9.59 Å². The monoisotopic (exact) mass is 374 g/mol. The number of nitrogens with one attached hydrogen (secondary N) is 1. The van der Waals surface area contributed by atoms with Gasteiger partial charge in [0.05, 0.1) is 25.8 Å². The van der Waals surface area contributed by atoms with Gasteiger partial charge in [-0.2, -0.15) is 0 Å². The number of ether oxygens (including phenoxy) is 2. The molecule has 1 aliphatic rings. The molecular weight excluding hydrogens is 356 g/mol. The van der Waals surface area contributed by atoms with Gasteiger partial charge in [0.2, 0.25) is 11.8 Å². The Balaban J connectivity index is 1.73. The molecule has 2 aromatic rings. The summed E-state index contributed by atoms with van der Waals surface area (Å²) < 4.78 is 10.5. The molecule has 3 rings (SSSR count). The van der Waals surface area contributed by atoms with E-state index in [0.29, 0.717) is 28.8 Å². The van der Waals surface area contributed by atoms with Gasteiger partial charge < -0.3 is 19.7 Å². The van der Waals surface area contributed by atoms with Crippen LogP contribution in [0.3, 0.4) is 0 Å². The Kier molecular flexibility index (Phi) is 5.32. The first-order chi connectivity index (χ1) is 12.5. The lowest BCUT2D eigenvalue weighted by Crippen LogP contribution is -2.28. The maximum atomic E-state index is 12.7. The van der Waals surface area contributed by atoms with Gasteiger partial charge in [-0.25, -0.2) is 0 Å². The van der Waals surface area contributed by atoms with Crippen molar-refractivity contribution in [1.82, 2.24) is 0 Å². The number of halogens is 1. The third-order valence-electron chi connectivity index (χ3n) is 4.30. The number of methoxy groups -OCH3 is 2. The molecule has 0 spiro atoms. The molecule has 0 aliphatic carbocycles. The van der Waals surface area contributed by atoms with Gasteiger partial charge in [0.25, 0.3) is 0 Å². The van der Waals surface area contributed by atoms with Gasteiger partial charge in [-0.15, -0.1) is 0 Å². The lowest BCUT2D eigenvalue weighted by molar-refractivity contribution is -0.122. The Morgan fingerprint density at radius 1 is 1.15 bits per heavy atom. The van der Waals surface area contributed by atoms with Crippen LogP contribution in [-0.2, 0) is 9.59 Å². The first-order valence-electron chi connectivity index (χ1n) is 8.10. The average Bonchev–Trinajstić information content (AvgIpc) is 3.04. The van der Waals surface area contributed by atoms with Crippen LogP contribution >= 0.6 is 11.6 Å². The zero-order valence-corrected chi connectivity index (χ0v) is 15.2. The van der Waals surface area contributed by atoms with Gasteiger partial charge in [0, 0.05) is 29.7 Å². The molecule has 1 fully saturated rings. The van der Waals surface area contributed by atoms with Crippen LogP contribution in [0.1, 0.15) is 6.42 Å². The number of anilines is 2. The minimum atomic E-state index is -0.450. The third kappa shape index (κ3) is 3.75. The largest absolute Gasteiger partial charge is 0.497 e. The van der Waals surface area contributed by atoms with E-state index in [2.05, 4.69) is 5.32 Å². The fourth-order valence-corrected chi connectivity index (χ4v) is 3.03. The Morgan fingerprint density at radius 2 is 1.88 bits per heavy atom. The van der Waals surface area contributed by atoms with Crippen molar-refractivity contribution < 1.29 is 19.1 Å². The molecule has 6 nitrogen and oxygen atoms in total. The molecule has 136 valence electrons. The quantitative estimate of drug-likeness (QED) is 0.871. The molecule has 1 heterocycles. The topological polar surface area (TPSA) is 67.9 Å². The van der Waals surface area contributed by atoms with E-state index in [0.717, 1.165) is 5.69 Å². The van der Waals surface area contributed by atoms with Crippen LogP contribution in [-0.4, -0.2) is 32.6 Å². The summed E-state index contributed by atoms with van der Waals surface area (Å²) in [6, 6.07) is 12.1. The molecule has 1 saturated heterocycles. The van der Waals surface area contributed by atoms with E-state index in [1.54, 1.807) is 54.5 Å². The molecule has 1 N–H and O–H groups in total. The average molecular weight is 375 g/mol. The second-order valence-corrected chi connectivity index (χ2v) is 6.37. The van der Waals surface area contributed by atoms with Gasteiger partial charge in [0.1, 0.15) is 11.5 Å². The normalized spacial score (nSPS) is 16.5. The molecule has 0 bridgehead atoms. The summed E-state index contributed by atoms with van der Waals surface area (Å²) in [5.41, 5.74) is 1.24. The predicted octanol–water partition coefficient (Wildman–Crippen LogP) is 3.35. The van der Waals surface area contributed by atoms with Crippen molar-refractivity contribution in [3.8, 4) is 11.5 Å². The maximum absolute atomic E-state index is 12.7. The Labute approximate surface area is 156 Å². The van der Waals surface area contributed by atoms with Crippen molar-refractivity contribution in [2.24, 2.45) is 5.92 Å². The summed E-state index contributed by atoms with van der Waals surface area (Å²) in [7, 11) is 3.08. The van der Waals surface area contributed by atoms with E-state index < -0.39 is 5.92 Å². The summed E-state index contributed by atoms with van der Waals surface area (Å²) in [4.78, 5) is 26.6. The van der Waals surface area contributed by atoms with Crippen molar-refractivity contribution in [2.75, 3.05) is 31.0 Å². The number of nitrogens with zero attached hydrogens (tertiary/aromatic N) is 1. The van der Waals surface area contributed by atoms with Crippen molar-refractivity contribution in [3.05, 3.63) is 47.5 Å². The highest BCUT2D eigenvalue weighted by molar-refractivity contribution is 6.30. The highest BCUT2D eigenvalue weighted by Crippen LogP contribution is 2.31. The number of amides is 2. The van der Waals surface area contributed by atoms with E-state index in [1.807, 2.05) is 0 Å². The first kappa shape index (κ1) is 18.1. The van der Waals surface area contributed by atoms with Crippen LogP contribution in [0.15, 0.2) is 42.5 Å². The number of hydrogen-bond donors (Lipinski definition) is 1. The summed E-state index contributed by atoms with van der Waals surface area (Å²) in [6.45, 7) is 0.318. The van der Waals surface area contributed by atoms with E-state index in [-0.39, 0.29) is 18.2 Å². The highest BCUT2D eigenvalue weighted by Gasteiger charge is 2.35. The molecule has 0 unspecified atom stereocenters. The van der Waals surface area contributed by atoms with Crippen LogP contribution in [0.5, 0.6) is 11.5 Å². The van der Waals surface area contributed by atoms with Crippen LogP contribution < -0.4 is 19.7 Å². The van der Waals surface area contributed by atoms with E-state index in [4.69, 9.17) is 21.1 Å². The molecule has 0 saturated carbocycles. The Hall–Kier alpha value is -2.73. The van der Waals surface area contributed by atoms with Crippen molar-refractivity contribution in [3.63, 3.8) is 0 Å². The number of hydrogen-bond acceptors (Lipinski definition) is 4. The fraction of sp³-hybridized carbons (Fsp3) is 0.263. The van der Waals surface area contributed by atoms with Gasteiger partial charge >= 0.3 is 0 Å². The minimum Gasteiger partial charge on any atom is -0.497 e. The van der Waals surface area contributed by atoms with Crippen molar-refractivity contribution >= 4 is 34.8 Å². The van der Waals surface area contributed by atoms with Gasteiger partial charge in [-0.1, -0.05) is 11.6 Å². The fourth-order valence-electron chi connectivity index (χ4n) is 2.90. The zero-order chi connectivity index (χ0) is 18.7. The van der Waals surface area contributed by atoms with Gasteiger partial charge in [0.15, 0.2) is 0 Å². The van der Waals surface area contributed by atoms with Crippen LogP contribution in [0.2, 0.25) is 5.02 Å². The zero-order valence-electron chi connectivity index (χ0n) is 14.5.